The summed E-state index contributed by atoms with van der Waals surface area (Å²) < 4.78 is 0. The Labute approximate surface area is 98.5 Å². The molecule has 1 saturated heterocycles. The molecule has 4 nitrogen and oxygen atoms in total. The van der Waals surface area contributed by atoms with Crippen LogP contribution in [0.2, 0.25) is 0 Å². The van der Waals surface area contributed by atoms with Crippen LogP contribution in [0.4, 0.5) is 0 Å². The van der Waals surface area contributed by atoms with Crippen LogP contribution in [0.1, 0.15) is 47.0 Å². The summed E-state index contributed by atoms with van der Waals surface area (Å²) in [5.74, 6) is 0.117. The molecule has 1 heterocycles. The summed E-state index contributed by atoms with van der Waals surface area (Å²) in [7, 11) is 0. The van der Waals surface area contributed by atoms with Gasteiger partial charge >= 0.3 is 0 Å². The topological polar surface area (TPSA) is 58.4 Å². The number of hydrogen-bond acceptors (Lipinski definition) is 3. The first kappa shape index (κ1) is 13.5. The molecule has 2 unspecified atom stereocenters. The Hall–Kier alpha value is -0.610. The lowest BCUT2D eigenvalue weighted by Crippen LogP contribution is -2.58. The molecule has 0 spiro atoms. The second-order valence-corrected chi connectivity index (χ2v) is 5.28. The molecule has 1 aliphatic rings. The van der Waals surface area contributed by atoms with Gasteiger partial charge < -0.3 is 5.73 Å². The fourth-order valence-electron chi connectivity index (χ4n) is 2.15. The zero-order chi connectivity index (χ0) is 12.3. The van der Waals surface area contributed by atoms with Crippen molar-refractivity contribution in [3.63, 3.8) is 0 Å². The minimum absolute atomic E-state index is 0.0596. The van der Waals surface area contributed by atoms with Crippen LogP contribution in [0.3, 0.4) is 0 Å². The Morgan fingerprint density at radius 3 is 2.25 bits per heavy atom. The minimum Gasteiger partial charge on any atom is -0.320 e. The van der Waals surface area contributed by atoms with E-state index in [1.807, 2.05) is 13.8 Å². The van der Waals surface area contributed by atoms with Crippen LogP contribution in [-0.2, 0) is 4.79 Å². The Morgan fingerprint density at radius 2 is 1.81 bits per heavy atom. The highest BCUT2D eigenvalue weighted by atomic mass is 16.2. The summed E-state index contributed by atoms with van der Waals surface area (Å²) in [6.07, 6.45) is 3.52. The van der Waals surface area contributed by atoms with Gasteiger partial charge in [0.05, 0.1) is 6.04 Å². The highest BCUT2D eigenvalue weighted by Crippen LogP contribution is 2.20. The zero-order valence-corrected chi connectivity index (χ0v) is 10.9. The van der Waals surface area contributed by atoms with Gasteiger partial charge in [-0.15, -0.1) is 0 Å². The Morgan fingerprint density at radius 1 is 1.31 bits per heavy atom. The van der Waals surface area contributed by atoms with E-state index in [-0.39, 0.29) is 11.8 Å². The zero-order valence-electron chi connectivity index (χ0n) is 10.9. The predicted octanol–water partition coefficient (Wildman–Crippen LogP) is 1.26. The summed E-state index contributed by atoms with van der Waals surface area (Å²) in [4.78, 5) is 11.9. The van der Waals surface area contributed by atoms with E-state index in [9.17, 15) is 4.79 Å². The van der Waals surface area contributed by atoms with Gasteiger partial charge in [-0.2, -0.15) is 0 Å². The van der Waals surface area contributed by atoms with E-state index in [0.717, 1.165) is 12.8 Å². The Kier molecular flexibility index (Phi) is 4.74. The summed E-state index contributed by atoms with van der Waals surface area (Å²) in [6.45, 7) is 8.23. The number of nitrogens with zero attached hydrogens (tertiary/aromatic N) is 1. The van der Waals surface area contributed by atoms with E-state index in [1.54, 1.807) is 0 Å². The van der Waals surface area contributed by atoms with Crippen molar-refractivity contribution in [3.8, 4) is 0 Å². The second-order valence-electron chi connectivity index (χ2n) is 5.28. The third-order valence-corrected chi connectivity index (χ3v) is 3.45. The highest BCUT2D eigenvalue weighted by Gasteiger charge is 2.28. The van der Waals surface area contributed by atoms with E-state index in [1.165, 1.54) is 6.42 Å². The van der Waals surface area contributed by atoms with Crippen molar-refractivity contribution in [3.05, 3.63) is 0 Å². The molecule has 16 heavy (non-hydrogen) atoms. The molecule has 0 aromatic heterocycles. The van der Waals surface area contributed by atoms with Crippen LogP contribution < -0.4 is 11.2 Å². The second kappa shape index (κ2) is 5.64. The van der Waals surface area contributed by atoms with Crippen LogP contribution in [0.5, 0.6) is 0 Å². The fraction of sp³-hybridized carbons (Fsp3) is 0.917. The monoisotopic (exact) mass is 227 g/mol. The molecule has 1 amide bonds. The van der Waals surface area contributed by atoms with Gasteiger partial charge in [0.1, 0.15) is 0 Å². The first-order chi connectivity index (χ1) is 7.43. The van der Waals surface area contributed by atoms with Crippen molar-refractivity contribution in [1.82, 2.24) is 10.4 Å². The van der Waals surface area contributed by atoms with Crippen molar-refractivity contribution < 1.29 is 4.79 Å². The average Bonchev–Trinajstić information content (AvgIpc) is 2.22. The molecule has 0 bridgehead atoms. The molecule has 0 saturated carbocycles. The highest BCUT2D eigenvalue weighted by molar-refractivity contribution is 5.81. The standard InChI is InChI=1S/C12H25N3O/c1-8(2)11(13)12(16)14-15-9(3)6-5-7-10(15)4/h8-11H,5-7,13H2,1-4H3,(H,14,16)/t9?,10?,11-/m1/s1. The number of nitrogens with one attached hydrogen (secondary N) is 1. The summed E-state index contributed by atoms with van der Waals surface area (Å²) in [6, 6.07) is 0.403. The molecule has 1 rings (SSSR count). The van der Waals surface area contributed by atoms with Crippen molar-refractivity contribution in [2.75, 3.05) is 0 Å². The molecule has 94 valence electrons. The van der Waals surface area contributed by atoms with Gasteiger partial charge in [0.2, 0.25) is 0 Å². The largest absolute Gasteiger partial charge is 0.320 e. The van der Waals surface area contributed by atoms with Gasteiger partial charge in [-0.3, -0.25) is 10.2 Å². The van der Waals surface area contributed by atoms with E-state index in [2.05, 4.69) is 24.3 Å². The number of nitrogens with two attached hydrogens (primary N) is 1. The van der Waals surface area contributed by atoms with E-state index < -0.39 is 6.04 Å². The summed E-state index contributed by atoms with van der Waals surface area (Å²) in [5, 5.41) is 2.06. The van der Waals surface area contributed by atoms with Crippen molar-refractivity contribution in [2.45, 2.75) is 65.1 Å². The number of carbonyl (C=O) groups is 1. The fourth-order valence-corrected chi connectivity index (χ4v) is 2.15. The predicted molar refractivity (Wildman–Crippen MR) is 65.6 cm³/mol. The lowest BCUT2D eigenvalue weighted by atomic mass is 9.99. The summed E-state index contributed by atoms with van der Waals surface area (Å²) in [5.41, 5.74) is 8.80. The quantitative estimate of drug-likeness (QED) is 0.763. The van der Waals surface area contributed by atoms with Gasteiger partial charge in [-0.25, -0.2) is 5.01 Å². The van der Waals surface area contributed by atoms with Crippen molar-refractivity contribution >= 4 is 5.91 Å². The van der Waals surface area contributed by atoms with Gasteiger partial charge in [-0.1, -0.05) is 20.3 Å². The Bertz CT molecular complexity index is 232. The maximum Gasteiger partial charge on any atom is 0.251 e. The van der Waals surface area contributed by atoms with Gasteiger partial charge in [0, 0.05) is 12.1 Å². The van der Waals surface area contributed by atoms with Gasteiger partial charge in [-0.05, 0) is 32.6 Å². The molecular weight excluding hydrogens is 202 g/mol. The molecule has 3 atom stereocenters. The molecule has 4 heteroatoms. The molecular formula is C12H25N3O. The van der Waals surface area contributed by atoms with Gasteiger partial charge in [0.15, 0.2) is 0 Å². The SMILES string of the molecule is CC(C)[C@@H](N)C(=O)NN1C(C)CCCC1C. The van der Waals surface area contributed by atoms with Crippen LogP contribution >= 0.6 is 0 Å². The van der Waals surface area contributed by atoms with Crippen LogP contribution in [0.15, 0.2) is 0 Å². The van der Waals surface area contributed by atoms with E-state index >= 15 is 0 Å². The van der Waals surface area contributed by atoms with Crippen LogP contribution in [-0.4, -0.2) is 29.0 Å². The first-order valence-corrected chi connectivity index (χ1v) is 6.28. The molecule has 0 aromatic carbocycles. The summed E-state index contributed by atoms with van der Waals surface area (Å²) >= 11 is 0. The maximum atomic E-state index is 11.9. The number of carbonyl (C=O) groups excluding carboxylic acids is 1. The smallest absolute Gasteiger partial charge is 0.251 e. The van der Waals surface area contributed by atoms with Crippen molar-refractivity contribution in [2.24, 2.45) is 11.7 Å². The number of hydrazine groups is 1. The first-order valence-electron chi connectivity index (χ1n) is 6.28. The van der Waals surface area contributed by atoms with Gasteiger partial charge in [0.25, 0.3) is 5.91 Å². The maximum absolute atomic E-state index is 11.9. The van der Waals surface area contributed by atoms with E-state index in [0.29, 0.717) is 12.1 Å². The Balaban J connectivity index is 2.54. The number of piperidine rings is 1. The molecule has 3 N–H and O–H groups in total. The third kappa shape index (κ3) is 3.19. The number of hydrogen-bond donors (Lipinski definition) is 2. The van der Waals surface area contributed by atoms with Crippen LogP contribution in [0.25, 0.3) is 0 Å². The molecule has 0 radical (unpaired) electrons. The van der Waals surface area contributed by atoms with Crippen molar-refractivity contribution in [1.29, 1.82) is 0 Å². The molecule has 1 aliphatic heterocycles. The third-order valence-electron chi connectivity index (χ3n) is 3.45. The van der Waals surface area contributed by atoms with E-state index in [4.69, 9.17) is 5.73 Å². The molecule has 1 fully saturated rings. The van der Waals surface area contributed by atoms with Crippen LogP contribution in [0, 0.1) is 5.92 Å². The normalized spacial score (nSPS) is 29.1. The molecule has 0 aliphatic carbocycles. The average molecular weight is 227 g/mol. The number of amides is 1. The lowest BCUT2D eigenvalue weighted by Gasteiger charge is -2.39. The minimum atomic E-state index is -0.415. The molecule has 0 aromatic rings. The lowest BCUT2D eigenvalue weighted by molar-refractivity contribution is -0.131. The number of rotatable bonds is 3.